The second-order valence-corrected chi connectivity index (χ2v) is 5.04. The average Bonchev–Trinajstić information content (AvgIpc) is 2.96. The Kier molecular flexibility index (Phi) is 5.44. The molecule has 0 radical (unpaired) electrons. The van der Waals surface area contributed by atoms with Gasteiger partial charge in [-0.3, -0.25) is 0 Å². The summed E-state index contributed by atoms with van der Waals surface area (Å²) in [5.41, 5.74) is 1.15. The smallest absolute Gasteiger partial charge is 0.174 e. The molecule has 5 heteroatoms. The quantitative estimate of drug-likeness (QED) is 0.839. The van der Waals surface area contributed by atoms with Gasteiger partial charge < -0.3 is 14.6 Å². The van der Waals surface area contributed by atoms with Gasteiger partial charge in [0.25, 0.3) is 0 Å². The Morgan fingerprint density at radius 3 is 2.90 bits per heavy atom. The number of ether oxygens (including phenoxy) is 1. The molecule has 0 saturated heterocycles. The lowest BCUT2D eigenvalue weighted by Gasteiger charge is -2.15. The standard InChI is InChI=1S/C15H19ClN2O2/c1-3-7-17-11(2)12-4-5-15(14(16)9-12)19-10-13-6-8-18-20-13/h4-6,8-9,11,17H,3,7,10H2,1-2H3. The highest BCUT2D eigenvalue weighted by Crippen LogP contribution is 2.28. The molecule has 0 saturated carbocycles. The molecule has 1 unspecified atom stereocenters. The SMILES string of the molecule is CCCNC(C)c1ccc(OCc2ccno2)c(Cl)c1. The first-order chi connectivity index (χ1) is 9.70. The van der Waals surface area contributed by atoms with Gasteiger partial charge in [-0.25, -0.2) is 0 Å². The molecular weight excluding hydrogens is 276 g/mol. The Hall–Kier alpha value is -1.52. The third-order valence-corrected chi connectivity index (χ3v) is 3.31. The van der Waals surface area contributed by atoms with Crippen molar-refractivity contribution in [3.8, 4) is 5.75 Å². The van der Waals surface area contributed by atoms with Gasteiger partial charge in [0.2, 0.25) is 0 Å². The molecular formula is C15H19ClN2O2. The van der Waals surface area contributed by atoms with Gasteiger partial charge in [-0.05, 0) is 37.6 Å². The summed E-state index contributed by atoms with van der Waals surface area (Å²) in [5, 5.41) is 7.66. The van der Waals surface area contributed by atoms with Crippen LogP contribution in [0.2, 0.25) is 5.02 Å². The minimum atomic E-state index is 0.274. The normalized spacial score (nSPS) is 12.3. The largest absolute Gasteiger partial charge is 0.484 e. The maximum Gasteiger partial charge on any atom is 0.174 e. The van der Waals surface area contributed by atoms with E-state index >= 15 is 0 Å². The average molecular weight is 295 g/mol. The number of benzene rings is 1. The molecule has 2 aromatic rings. The van der Waals surface area contributed by atoms with Gasteiger partial charge in [0, 0.05) is 12.1 Å². The molecule has 0 aliphatic rings. The van der Waals surface area contributed by atoms with Gasteiger partial charge in [-0.1, -0.05) is 29.7 Å². The predicted octanol–water partition coefficient (Wildman–Crippen LogP) is 3.97. The first-order valence-corrected chi connectivity index (χ1v) is 7.13. The molecule has 4 nitrogen and oxygen atoms in total. The zero-order chi connectivity index (χ0) is 14.4. The highest BCUT2D eigenvalue weighted by Gasteiger charge is 2.09. The molecule has 0 fully saturated rings. The Labute approximate surface area is 124 Å². The van der Waals surface area contributed by atoms with Crippen molar-refractivity contribution >= 4 is 11.6 Å². The van der Waals surface area contributed by atoms with E-state index < -0.39 is 0 Å². The van der Waals surface area contributed by atoms with Gasteiger partial charge >= 0.3 is 0 Å². The number of halogens is 1. The minimum Gasteiger partial charge on any atom is -0.484 e. The summed E-state index contributed by atoms with van der Waals surface area (Å²) in [5.74, 6) is 1.32. The van der Waals surface area contributed by atoms with Crippen molar-refractivity contribution in [2.24, 2.45) is 0 Å². The van der Waals surface area contributed by atoms with Crippen molar-refractivity contribution in [3.63, 3.8) is 0 Å². The van der Waals surface area contributed by atoms with Crippen LogP contribution in [0.4, 0.5) is 0 Å². The summed E-state index contributed by atoms with van der Waals surface area (Å²) in [4.78, 5) is 0. The maximum atomic E-state index is 6.25. The number of hydrogen-bond donors (Lipinski definition) is 1. The lowest BCUT2D eigenvalue weighted by Crippen LogP contribution is -2.19. The summed E-state index contributed by atoms with van der Waals surface area (Å²) in [6.45, 7) is 5.58. The Balaban J connectivity index is 1.98. The van der Waals surface area contributed by atoms with E-state index in [2.05, 4.69) is 24.3 Å². The number of nitrogens with zero attached hydrogens (tertiary/aromatic N) is 1. The second-order valence-electron chi connectivity index (χ2n) is 4.63. The fourth-order valence-electron chi connectivity index (χ4n) is 1.85. The van der Waals surface area contributed by atoms with E-state index in [-0.39, 0.29) is 6.04 Å². The molecule has 1 aromatic heterocycles. The van der Waals surface area contributed by atoms with Gasteiger partial charge in [-0.15, -0.1) is 0 Å². The minimum absolute atomic E-state index is 0.274. The molecule has 1 N–H and O–H groups in total. The van der Waals surface area contributed by atoms with Crippen LogP contribution >= 0.6 is 11.6 Å². The van der Waals surface area contributed by atoms with Crippen LogP contribution in [0.25, 0.3) is 0 Å². The van der Waals surface area contributed by atoms with Crippen molar-refractivity contribution in [2.45, 2.75) is 32.9 Å². The van der Waals surface area contributed by atoms with E-state index in [9.17, 15) is 0 Å². The van der Waals surface area contributed by atoms with Crippen molar-refractivity contribution in [1.82, 2.24) is 10.5 Å². The zero-order valence-electron chi connectivity index (χ0n) is 11.7. The number of rotatable bonds is 7. The van der Waals surface area contributed by atoms with Gasteiger partial charge in [0.15, 0.2) is 5.76 Å². The predicted molar refractivity (Wildman–Crippen MR) is 79.0 cm³/mol. The fraction of sp³-hybridized carbons (Fsp3) is 0.400. The van der Waals surface area contributed by atoms with Crippen molar-refractivity contribution in [3.05, 3.63) is 46.8 Å². The highest BCUT2D eigenvalue weighted by molar-refractivity contribution is 6.32. The first-order valence-electron chi connectivity index (χ1n) is 6.76. The van der Waals surface area contributed by atoms with Crippen LogP contribution in [0.1, 0.15) is 37.6 Å². The summed E-state index contributed by atoms with van der Waals surface area (Å²) in [6, 6.07) is 7.88. The monoisotopic (exact) mass is 294 g/mol. The van der Waals surface area contributed by atoms with E-state index in [4.69, 9.17) is 20.9 Å². The van der Waals surface area contributed by atoms with Crippen LogP contribution in [0, 0.1) is 0 Å². The topological polar surface area (TPSA) is 47.3 Å². The molecule has 1 heterocycles. The van der Waals surface area contributed by atoms with Crippen LogP contribution < -0.4 is 10.1 Å². The van der Waals surface area contributed by atoms with Gasteiger partial charge in [0.1, 0.15) is 12.4 Å². The van der Waals surface area contributed by atoms with Crippen LogP contribution in [-0.4, -0.2) is 11.7 Å². The van der Waals surface area contributed by atoms with E-state index in [1.165, 1.54) is 0 Å². The molecule has 1 atom stereocenters. The molecule has 20 heavy (non-hydrogen) atoms. The molecule has 2 rings (SSSR count). The third kappa shape index (κ3) is 3.99. The molecule has 0 amide bonds. The molecule has 1 aromatic carbocycles. The van der Waals surface area contributed by atoms with Crippen LogP contribution in [0.3, 0.4) is 0 Å². The first kappa shape index (κ1) is 14.9. The van der Waals surface area contributed by atoms with E-state index in [1.807, 2.05) is 18.2 Å². The van der Waals surface area contributed by atoms with E-state index in [1.54, 1.807) is 12.3 Å². The number of aromatic nitrogens is 1. The van der Waals surface area contributed by atoms with Crippen molar-refractivity contribution in [1.29, 1.82) is 0 Å². The second kappa shape index (κ2) is 7.31. The summed E-state index contributed by atoms with van der Waals surface area (Å²) in [6.07, 6.45) is 2.70. The molecule has 108 valence electrons. The summed E-state index contributed by atoms with van der Waals surface area (Å²) >= 11 is 6.25. The molecule has 0 spiro atoms. The van der Waals surface area contributed by atoms with Crippen molar-refractivity contribution < 1.29 is 9.26 Å². The maximum absolute atomic E-state index is 6.25. The molecule has 0 aliphatic carbocycles. The fourth-order valence-corrected chi connectivity index (χ4v) is 2.09. The molecule has 0 bridgehead atoms. The summed E-state index contributed by atoms with van der Waals surface area (Å²) in [7, 11) is 0. The van der Waals surface area contributed by atoms with Crippen LogP contribution in [-0.2, 0) is 6.61 Å². The lowest BCUT2D eigenvalue weighted by atomic mass is 10.1. The Bertz CT molecular complexity index is 529. The third-order valence-electron chi connectivity index (χ3n) is 3.02. The Morgan fingerprint density at radius 1 is 1.40 bits per heavy atom. The molecule has 0 aliphatic heterocycles. The van der Waals surface area contributed by atoms with Gasteiger partial charge in [0.05, 0.1) is 11.2 Å². The highest BCUT2D eigenvalue weighted by atomic mass is 35.5. The Morgan fingerprint density at radius 2 is 2.25 bits per heavy atom. The van der Waals surface area contributed by atoms with E-state index in [0.29, 0.717) is 23.1 Å². The van der Waals surface area contributed by atoms with Crippen LogP contribution in [0.15, 0.2) is 35.0 Å². The van der Waals surface area contributed by atoms with Crippen LogP contribution in [0.5, 0.6) is 5.75 Å². The lowest BCUT2D eigenvalue weighted by molar-refractivity contribution is 0.249. The van der Waals surface area contributed by atoms with Crippen molar-refractivity contribution in [2.75, 3.05) is 6.54 Å². The number of nitrogens with one attached hydrogen (secondary N) is 1. The summed E-state index contributed by atoms with van der Waals surface area (Å²) < 4.78 is 10.6. The zero-order valence-corrected chi connectivity index (χ0v) is 12.5. The van der Waals surface area contributed by atoms with E-state index in [0.717, 1.165) is 18.5 Å². The number of hydrogen-bond acceptors (Lipinski definition) is 4. The van der Waals surface area contributed by atoms with Gasteiger partial charge in [-0.2, -0.15) is 0 Å².